The van der Waals surface area contributed by atoms with Gasteiger partial charge in [-0.25, -0.2) is 4.79 Å². The van der Waals surface area contributed by atoms with Crippen LogP contribution in [-0.2, 0) is 4.74 Å². The van der Waals surface area contributed by atoms with Gasteiger partial charge in [-0.15, -0.1) is 0 Å². The molecule has 0 spiro atoms. The van der Waals surface area contributed by atoms with Crippen LogP contribution in [0.4, 0.5) is 4.79 Å². The van der Waals surface area contributed by atoms with E-state index in [9.17, 15) is 4.79 Å². The third kappa shape index (κ3) is 10.0. The molecule has 0 aliphatic rings. The highest BCUT2D eigenvalue weighted by atomic mass is 32.2. The van der Waals surface area contributed by atoms with E-state index in [1.54, 1.807) is 0 Å². The number of ether oxygens (including phenoxy) is 1. The third-order valence-electron chi connectivity index (χ3n) is 1.39. The average molecular weight is 269 g/mol. The van der Waals surface area contributed by atoms with Gasteiger partial charge >= 0.3 is 6.09 Å². The lowest BCUT2D eigenvalue weighted by molar-refractivity contribution is 0.0574. The van der Waals surface area contributed by atoms with Crippen molar-refractivity contribution in [3.8, 4) is 0 Å². The first-order chi connectivity index (χ1) is 8.39. The Hall–Kier alpha value is -1.16. The van der Waals surface area contributed by atoms with Crippen molar-refractivity contribution in [3.05, 3.63) is 30.3 Å². The number of hydrogen-bond donors (Lipinski definition) is 1. The van der Waals surface area contributed by atoms with Crippen LogP contribution in [0.25, 0.3) is 0 Å². The van der Waals surface area contributed by atoms with Crippen molar-refractivity contribution < 1.29 is 9.53 Å². The molecule has 0 aromatic heterocycles. The molecule has 1 aromatic rings. The molecule has 0 heterocycles. The van der Waals surface area contributed by atoms with Crippen molar-refractivity contribution in [3.63, 3.8) is 0 Å². The van der Waals surface area contributed by atoms with Gasteiger partial charge in [0.1, 0.15) is 5.60 Å². The summed E-state index contributed by atoms with van der Waals surface area (Å²) in [6, 6.07) is 9.60. The van der Waals surface area contributed by atoms with Gasteiger partial charge in [-0.05, 0) is 44.9 Å². The van der Waals surface area contributed by atoms with Crippen LogP contribution < -0.4 is 4.72 Å². The minimum absolute atomic E-state index is 0.420. The van der Waals surface area contributed by atoms with Gasteiger partial charge in [0.05, 0.1) is 0 Å². The van der Waals surface area contributed by atoms with Gasteiger partial charge < -0.3 is 4.74 Å². The quantitative estimate of drug-likeness (QED) is 0.795. The van der Waals surface area contributed by atoms with Crippen molar-refractivity contribution in [1.29, 1.82) is 0 Å². The van der Waals surface area contributed by atoms with Gasteiger partial charge in [0.2, 0.25) is 0 Å². The highest BCUT2D eigenvalue weighted by Gasteiger charge is 2.15. The SMILES string of the molecule is CC(C)(C)OC(=O)NSc1ccccc1.CCC. The van der Waals surface area contributed by atoms with Crippen LogP contribution >= 0.6 is 11.9 Å². The number of carbonyl (C=O) groups is 1. The lowest BCUT2D eigenvalue weighted by Crippen LogP contribution is -2.28. The van der Waals surface area contributed by atoms with E-state index in [2.05, 4.69) is 18.6 Å². The number of benzene rings is 1. The van der Waals surface area contributed by atoms with Crippen LogP contribution in [0.5, 0.6) is 0 Å². The van der Waals surface area contributed by atoms with Gasteiger partial charge in [-0.2, -0.15) is 0 Å². The van der Waals surface area contributed by atoms with Crippen LogP contribution in [0.15, 0.2) is 35.2 Å². The molecule has 0 bridgehead atoms. The third-order valence-corrected chi connectivity index (χ3v) is 2.17. The number of amides is 1. The van der Waals surface area contributed by atoms with E-state index in [1.807, 2.05) is 51.1 Å². The fourth-order valence-electron chi connectivity index (χ4n) is 0.888. The molecule has 0 aliphatic carbocycles. The lowest BCUT2D eigenvalue weighted by Gasteiger charge is -2.19. The Bertz CT molecular complexity index is 333. The average Bonchev–Trinajstić information content (AvgIpc) is 2.27. The zero-order valence-corrected chi connectivity index (χ0v) is 12.6. The van der Waals surface area contributed by atoms with Crippen molar-refractivity contribution in [2.75, 3.05) is 0 Å². The monoisotopic (exact) mass is 269 g/mol. The lowest BCUT2D eigenvalue weighted by atomic mass is 10.2. The summed E-state index contributed by atoms with van der Waals surface area (Å²) in [6.45, 7) is 9.75. The zero-order valence-electron chi connectivity index (χ0n) is 11.8. The molecule has 0 unspecified atom stereocenters. The van der Waals surface area contributed by atoms with E-state index in [0.717, 1.165) is 4.90 Å². The summed E-state index contributed by atoms with van der Waals surface area (Å²) < 4.78 is 7.70. The second-order valence-corrected chi connectivity index (χ2v) is 5.61. The highest BCUT2D eigenvalue weighted by molar-refractivity contribution is 7.98. The summed E-state index contributed by atoms with van der Waals surface area (Å²) in [5.41, 5.74) is -0.457. The maximum absolute atomic E-state index is 11.3. The molecule has 1 amide bonds. The Morgan fingerprint density at radius 2 is 1.72 bits per heavy atom. The number of nitrogens with one attached hydrogen (secondary N) is 1. The zero-order chi connectivity index (χ0) is 14.0. The maximum Gasteiger partial charge on any atom is 0.418 e. The van der Waals surface area contributed by atoms with E-state index in [4.69, 9.17) is 4.74 Å². The molecule has 0 saturated carbocycles. The van der Waals surface area contributed by atoms with Gasteiger partial charge in [0.15, 0.2) is 0 Å². The predicted molar refractivity (Wildman–Crippen MR) is 77.6 cm³/mol. The van der Waals surface area contributed by atoms with Crippen LogP contribution in [0.2, 0.25) is 0 Å². The number of carbonyl (C=O) groups excluding carboxylic acids is 1. The largest absolute Gasteiger partial charge is 0.443 e. The fraction of sp³-hybridized carbons (Fsp3) is 0.500. The Kier molecular flexibility index (Phi) is 8.29. The molecule has 1 N–H and O–H groups in total. The minimum Gasteiger partial charge on any atom is -0.443 e. The van der Waals surface area contributed by atoms with Crippen LogP contribution in [0.3, 0.4) is 0 Å². The topological polar surface area (TPSA) is 38.3 Å². The van der Waals surface area contributed by atoms with Crippen molar-refractivity contribution in [2.45, 2.75) is 51.5 Å². The first-order valence-electron chi connectivity index (χ1n) is 6.10. The molecule has 0 saturated heterocycles. The molecule has 18 heavy (non-hydrogen) atoms. The van der Waals surface area contributed by atoms with Gasteiger partial charge in [0, 0.05) is 4.90 Å². The second kappa shape index (κ2) is 8.86. The first kappa shape index (κ1) is 16.8. The molecular weight excluding hydrogens is 246 g/mol. The molecule has 3 nitrogen and oxygen atoms in total. The molecule has 102 valence electrons. The summed E-state index contributed by atoms with van der Waals surface area (Å²) in [5, 5.41) is 0. The number of hydrogen-bond acceptors (Lipinski definition) is 3. The summed E-state index contributed by atoms with van der Waals surface area (Å²) >= 11 is 1.24. The Balaban J connectivity index is 0.000000873. The standard InChI is InChI=1S/C11H15NO2S.C3H8/c1-11(2,3)14-10(13)12-15-9-7-5-4-6-8-9;1-3-2/h4-8H,1-3H3,(H,12,13);3H2,1-2H3. The van der Waals surface area contributed by atoms with E-state index in [0.29, 0.717) is 0 Å². The maximum atomic E-state index is 11.3. The highest BCUT2D eigenvalue weighted by Crippen LogP contribution is 2.14. The fourth-order valence-corrected chi connectivity index (χ4v) is 1.42. The van der Waals surface area contributed by atoms with E-state index >= 15 is 0 Å². The molecule has 1 rings (SSSR count). The Morgan fingerprint density at radius 3 is 2.17 bits per heavy atom. The second-order valence-electron chi connectivity index (χ2n) is 4.73. The molecule has 0 aliphatic heterocycles. The van der Waals surface area contributed by atoms with Gasteiger partial charge in [-0.3, -0.25) is 4.72 Å². The Morgan fingerprint density at radius 1 is 1.22 bits per heavy atom. The van der Waals surface area contributed by atoms with Crippen LogP contribution in [-0.4, -0.2) is 11.7 Å². The van der Waals surface area contributed by atoms with Gasteiger partial charge in [0.25, 0.3) is 0 Å². The smallest absolute Gasteiger partial charge is 0.418 e. The summed E-state index contributed by atoms with van der Waals surface area (Å²) in [7, 11) is 0. The Labute approximate surface area is 114 Å². The van der Waals surface area contributed by atoms with Gasteiger partial charge in [-0.1, -0.05) is 38.5 Å². The van der Waals surface area contributed by atoms with Crippen molar-refractivity contribution in [1.82, 2.24) is 4.72 Å². The molecule has 0 atom stereocenters. The first-order valence-corrected chi connectivity index (χ1v) is 6.91. The van der Waals surface area contributed by atoms with E-state index in [1.165, 1.54) is 18.4 Å². The van der Waals surface area contributed by atoms with Crippen molar-refractivity contribution in [2.24, 2.45) is 0 Å². The molecular formula is C14H23NO2S. The van der Waals surface area contributed by atoms with E-state index in [-0.39, 0.29) is 0 Å². The molecule has 0 radical (unpaired) electrons. The summed E-state index contributed by atoms with van der Waals surface area (Å²) in [5.74, 6) is 0. The minimum atomic E-state index is -0.457. The number of rotatable bonds is 2. The van der Waals surface area contributed by atoms with Crippen LogP contribution in [0, 0.1) is 0 Å². The van der Waals surface area contributed by atoms with E-state index < -0.39 is 11.7 Å². The predicted octanol–water partition coefficient (Wildman–Crippen LogP) is 4.63. The molecule has 0 fully saturated rings. The summed E-state index contributed by atoms with van der Waals surface area (Å²) in [6.07, 6.45) is 0.830. The normalized spacial score (nSPS) is 10.1. The molecule has 4 heteroatoms. The van der Waals surface area contributed by atoms with Crippen LogP contribution in [0.1, 0.15) is 41.0 Å². The summed E-state index contributed by atoms with van der Waals surface area (Å²) in [4.78, 5) is 12.3. The van der Waals surface area contributed by atoms with Crippen molar-refractivity contribution >= 4 is 18.0 Å². The molecule has 1 aromatic carbocycles.